The molecule has 1 fully saturated rings. The van der Waals surface area contributed by atoms with Crippen LogP contribution in [0, 0.1) is 0 Å². The van der Waals surface area contributed by atoms with Gasteiger partial charge in [0.15, 0.2) is 0 Å². The number of aryl methyl sites for hydroxylation is 2. The molecule has 2 aromatic carbocycles. The van der Waals surface area contributed by atoms with Crippen LogP contribution in [0.4, 0.5) is 0 Å². The maximum absolute atomic E-state index is 4.98. The molecule has 0 bridgehead atoms. The third kappa shape index (κ3) is 4.16. The van der Waals surface area contributed by atoms with E-state index in [9.17, 15) is 0 Å². The minimum Gasteiger partial charge on any atom is -0.327 e. The number of rotatable bonds is 6. The molecular formula is C23H29N3. The van der Waals surface area contributed by atoms with Gasteiger partial charge in [-0.05, 0) is 56.5 Å². The van der Waals surface area contributed by atoms with Gasteiger partial charge in [0.2, 0.25) is 0 Å². The Bertz CT molecular complexity index is 814. The number of likely N-dealkylation sites (tertiary alicyclic amines) is 1. The standard InChI is InChI=1S/C23H29N3/c1-2-9-17-25(16-8-1)19-23-24-21-14-6-7-15-22(21)26(23)18-10-13-20-11-4-3-5-12-20/h3-7,11-12,14-15H,1-2,8-10,13,16-19H2. The molecule has 1 saturated heterocycles. The summed E-state index contributed by atoms with van der Waals surface area (Å²) in [6, 6.07) is 19.4. The minimum atomic E-state index is 0.986. The van der Waals surface area contributed by atoms with E-state index in [1.54, 1.807) is 0 Å². The van der Waals surface area contributed by atoms with E-state index in [4.69, 9.17) is 4.98 Å². The van der Waals surface area contributed by atoms with Gasteiger partial charge >= 0.3 is 0 Å². The van der Waals surface area contributed by atoms with Crippen molar-refractivity contribution in [1.82, 2.24) is 14.5 Å². The molecule has 3 heteroatoms. The lowest BCUT2D eigenvalue weighted by Gasteiger charge is -2.20. The van der Waals surface area contributed by atoms with E-state index in [-0.39, 0.29) is 0 Å². The van der Waals surface area contributed by atoms with Crippen LogP contribution in [0.3, 0.4) is 0 Å². The summed E-state index contributed by atoms with van der Waals surface area (Å²) in [6.07, 6.45) is 7.68. The second kappa shape index (κ2) is 8.50. The van der Waals surface area contributed by atoms with Gasteiger partial charge in [-0.15, -0.1) is 0 Å². The van der Waals surface area contributed by atoms with Gasteiger partial charge in [0.25, 0.3) is 0 Å². The second-order valence-electron chi connectivity index (χ2n) is 7.45. The number of benzene rings is 2. The zero-order chi connectivity index (χ0) is 17.6. The SMILES string of the molecule is c1ccc(CCCn2c(CN3CCCCCC3)nc3ccccc32)cc1. The summed E-state index contributed by atoms with van der Waals surface area (Å²) in [4.78, 5) is 7.58. The largest absolute Gasteiger partial charge is 0.327 e. The third-order valence-electron chi connectivity index (χ3n) is 5.49. The summed E-state index contributed by atoms with van der Waals surface area (Å²) in [5.74, 6) is 1.24. The van der Waals surface area contributed by atoms with Crippen molar-refractivity contribution in [3.05, 3.63) is 66.0 Å². The van der Waals surface area contributed by atoms with Crippen LogP contribution < -0.4 is 0 Å². The summed E-state index contributed by atoms with van der Waals surface area (Å²) < 4.78 is 2.46. The van der Waals surface area contributed by atoms with E-state index in [2.05, 4.69) is 64.1 Å². The molecule has 3 nitrogen and oxygen atoms in total. The Labute approximate surface area is 156 Å². The van der Waals surface area contributed by atoms with Gasteiger partial charge in [0, 0.05) is 6.54 Å². The molecule has 4 rings (SSSR count). The van der Waals surface area contributed by atoms with Crippen LogP contribution in [-0.2, 0) is 19.5 Å². The summed E-state index contributed by atoms with van der Waals surface area (Å²) in [6.45, 7) is 4.46. The maximum atomic E-state index is 4.98. The van der Waals surface area contributed by atoms with Gasteiger partial charge in [-0.3, -0.25) is 4.90 Å². The quantitative estimate of drug-likeness (QED) is 0.622. The number of fused-ring (bicyclic) bond motifs is 1. The van der Waals surface area contributed by atoms with E-state index in [1.807, 2.05) is 0 Å². The van der Waals surface area contributed by atoms with Gasteiger partial charge in [-0.2, -0.15) is 0 Å². The van der Waals surface area contributed by atoms with Crippen molar-refractivity contribution in [2.45, 2.75) is 51.6 Å². The lowest BCUT2D eigenvalue weighted by Crippen LogP contribution is -2.26. The molecule has 0 unspecified atom stereocenters. The van der Waals surface area contributed by atoms with E-state index < -0.39 is 0 Å². The van der Waals surface area contributed by atoms with Crippen LogP contribution >= 0.6 is 0 Å². The average Bonchev–Trinajstić information content (AvgIpc) is 2.83. The van der Waals surface area contributed by atoms with Crippen LogP contribution in [-0.4, -0.2) is 27.5 Å². The van der Waals surface area contributed by atoms with Crippen LogP contribution in [0.15, 0.2) is 54.6 Å². The van der Waals surface area contributed by atoms with E-state index in [0.717, 1.165) is 31.4 Å². The molecular weight excluding hydrogens is 318 g/mol. The third-order valence-corrected chi connectivity index (χ3v) is 5.49. The molecule has 136 valence electrons. The topological polar surface area (TPSA) is 21.1 Å². The molecule has 0 atom stereocenters. The molecule has 0 N–H and O–H groups in total. The first-order chi connectivity index (χ1) is 12.9. The van der Waals surface area contributed by atoms with Crippen LogP contribution in [0.2, 0.25) is 0 Å². The van der Waals surface area contributed by atoms with Crippen molar-refractivity contribution < 1.29 is 0 Å². The zero-order valence-corrected chi connectivity index (χ0v) is 15.6. The molecule has 0 aliphatic carbocycles. The lowest BCUT2D eigenvalue weighted by molar-refractivity contribution is 0.266. The van der Waals surface area contributed by atoms with E-state index in [0.29, 0.717) is 0 Å². The lowest BCUT2D eigenvalue weighted by atomic mass is 10.1. The molecule has 1 aliphatic rings. The summed E-state index contributed by atoms with van der Waals surface area (Å²) in [5.41, 5.74) is 3.84. The van der Waals surface area contributed by atoms with Crippen LogP contribution in [0.5, 0.6) is 0 Å². The molecule has 0 saturated carbocycles. The first-order valence-electron chi connectivity index (χ1n) is 10.1. The van der Waals surface area contributed by atoms with Crippen LogP contribution in [0.25, 0.3) is 11.0 Å². The van der Waals surface area contributed by atoms with E-state index in [1.165, 1.54) is 55.7 Å². The fourth-order valence-corrected chi connectivity index (χ4v) is 4.08. The number of aromatic nitrogens is 2. The van der Waals surface area contributed by atoms with Crippen molar-refractivity contribution in [3.63, 3.8) is 0 Å². The number of para-hydroxylation sites is 2. The highest BCUT2D eigenvalue weighted by Gasteiger charge is 2.15. The van der Waals surface area contributed by atoms with Gasteiger partial charge in [-0.1, -0.05) is 55.3 Å². The number of hydrogen-bond acceptors (Lipinski definition) is 2. The highest BCUT2D eigenvalue weighted by atomic mass is 15.2. The van der Waals surface area contributed by atoms with Gasteiger partial charge in [0.05, 0.1) is 17.6 Å². The molecule has 26 heavy (non-hydrogen) atoms. The Morgan fingerprint density at radius 1 is 0.808 bits per heavy atom. The smallest absolute Gasteiger partial charge is 0.124 e. The molecule has 3 aromatic rings. The van der Waals surface area contributed by atoms with E-state index >= 15 is 0 Å². The molecule has 0 radical (unpaired) electrons. The summed E-state index contributed by atoms with van der Waals surface area (Å²) in [5, 5.41) is 0. The average molecular weight is 348 g/mol. The Morgan fingerprint density at radius 3 is 2.35 bits per heavy atom. The van der Waals surface area contributed by atoms with Gasteiger partial charge in [-0.25, -0.2) is 4.98 Å². The zero-order valence-electron chi connectivity index (χ0n) is 15.6. The van der Waals surface area contributed by atoms with Crippen molar-refractivity contribution in [3.8, 4) is 0 Å². The Kier molecular flexibility index (Phi) is 5.65. The first kappa shape index (κ1) is 17.3. The fourth-order valence-electron chi connectivity index (χ4n) is 4.08. The number of imidazole rings is 1. The fraction of sp³-hybridized carbons (Fsp3) is 0.435. The maximum Gasteiger partial charge on any atom is 0.124 e. The normalized spacial score (nSPS) is 16.0. The first-order valence-corrected chi connectivity index (χ1v) is 10.1. The molecule has 1 aromatic heterocycles. The van der Waals surface area contributed by atoms with Crippen molar-refractivity contribution in [2.75, 3.05) is 13.1 Å². The predicted octanol–water partition coefficient (Wildman–Crippen LogP) is 5.05. The van der Waals surface area contributed by atoms with Gasteiger partial charge in [0.1, 0.15) is 5.82 Å². The molecule has 2 heterocycles. The minimum absolute atomic E-state index is 0.986. The summed E-state index contributed by atoms with van der Waals surface area (Å²) >= 11 is 0. The number of nitrogens with zero attached hydrogens (tertiary/aromatic N) is 3. The summed E-state index contributed by atoms with van der Waals surface area (Å²) in [7, 11) is 0. The predicted molar refractivity (Wildman–Crippen MR) is 108 cm³/mol. The Hall–Kier alpha value is -2.13. The van der Waals surface area contributed by atoms with Crippen molar-refractivity contribution in [1.29, 1.82) is 0 Å². The molecule has 1 aliphatic heterocycles. The Morgan fingerprint density at radius 2 is 1.54 bits per heavy atom. The molecule has 0 spiro atoms. The van der Waals surface area contributed by atoms with Crippen molar-refractivity contribution >= 4 is 11.0 Å². The monoisotopic (exact) mass is 347 g/mol. The van der Waals surface area contributed by atoms with Crippen LogP contribution in [0.1, 0.15) is 43.5 Å². The second-order valence-corrected chi connectivity index (χ2v) is 7.45. The van der Waals surface area contributed by atoms with Crippen molar-refractivity contribution in [2.24, 2.45) is 0 Å². The molecule has 0 amide bonds. The Balaban J connectivity index is 1.51. The van der Waals surface area contributed by atoms with Gasteiger partial charge < -0.3 is 4.57 Å². The highest BCUT2D eigenvalue weighted by Crippen LogP contribution is 2.20. The highest BCUT2D eigenvalue weighted by molar-refractivity contribution is 5.75. The number of hydrogen-bond donors (Lipinski definition) is 0.